The highest BCUT2D eigenvalue weighted by atomic mass is 16.5. The summed E-state index contributed by atoms with van der Waals surface area (Å²) in [4.78, 5) is 23.2. The number of benzene rings is 2. The van der Waals surface area contributed by atoms with Crippen LogP contribution in [0.15, 0.2) is 52.9 Å². The minimum Gasteiger partial charge on any atom is -0.485 e. The van der Waals surface area contributed by atoms with Crippen molar-refractivity contribution in [3.05, 3.63) is 65.4 Å². The van der Waals surface area contributed by atoms with E-state index in [0.717, 1.165) is 5.39 Å². The largest absolute Gasteiger partial charge is 0.485 e. The number of ether oxygens (including phenoxy) is 1. The van der Waals surface area contributed by atoms with E-state index in [1.807, 2.05) is 18.2 Å². The van der Waals surface area contributed by atoms with Crippen LogP contribution in [0.5, 0.6) is 5.75 Å². The van der Waals surface area contributed by atoms with Gasteiger partial charge < -0.3 is 14.3 Å². The summed E-state index contributed by atoms with van der Waals surface area (Å²) >= 11 is 0. The van der Waals surface area contributed by atoms with E-state index in [4.69, 9.17) is 14.3 Å². The molecule has 0 aliphatic heterocycles. The third-order valence-corrected chi connectivity index (χ3v) is 4.13. The number of hydrogen-bond donors (Lipinski definition) is 1. The highest BCUT2D eigenvalue weighted by Gasteiger charge is 2.17. The first kappa shape index (κ1) is 17.7. The van der Waals surface area contributed by atoms with Gasteiger partial charge in [0.15, 0.2) is 12.4 Å². The van der Waals surface area contributed by atoms with Crippen LogP contribution >= 0.6 is 0 Å². The van der Waals surface area contributed by atoms with Gasteiger partial charge in [-0.25, -0.2) is 4.79 Å². The molecule has 1 heterocycles. The molecule has 1 N–H and O–H groups in total. The van der Waals surface area contributed by atoms with Crippen molar-refractivity contribution < 1.29 is 23.8 Å². The molecule has 26 heavy (non-hydrogen) atoms. The third-order valence-electron chi connectivity index (χ3n) is 4.13. The zero-order chi connectivity index (χ0) is 18.9. The topological polar surface area (TPSA) is 76.7 Å². The third kappa shape index (κ3) is 3.77. The van der Waals surface area contributed by atoms with Gasteiger partial charge in [-0.05, 0) is 53.4 Å². The van der Waals surface area contributed by atoms with E-state index in [-0.39, 0.29) is 29.1 Å². The summed E-state index contributed by atoms with van der Waals surface area (Å²) in [6, 6.07) is 13.5. The molecular weight excluding hydrogens is 332 g/mol. The normalized spacial score (nSPS) is 11.5. The van der Waals surface area contributed by atoms with E-state index in [1.54, 1.807) is 6.07 Å². The fourth-order valence-corrected chi connectivity index (χ4v) is 2.56. The molecule has 0 spiro atoms. The fraction of sp³-hybridized carbons (Fsp3) is 0.238. The van der Waals surface area contributed by atoms with Gasteiger partial charge in [-0.15, -0.1) is 0 Å². The molecule has 0 unspecified atom stereocenters. The van der Waals surface area contributed by atoms with Gasteiger partial charge in [0.25, 0.3) is 0 Å². The molecule has 2 aromatic carbocycles. The van der Waals surface area contributed by atoms with E-state index in [1.165, 1.54) is 29.8 Å². The van der Waals surface area contributed by atoms with Gasteiger partial charge in [-0.3, -0.25) is 4.79 Å². The molecule has 3 rings (SSSR count). The number of Topliss-reactive ketones (excluding diaryl/α,β-unsaturated/α-hetero) is 1. The second-order valence-corrected chi connectivity index (χ2v) is 7.15. The van der Waals surface area contributed by atoms with Crippen LogP contribution in [0.3, 0.4) is 0 Å². The number of carbonyl (C=O) groups is 2. The highest BCUT2D eigenvalue weighted by molar-refractivity contribution is 5.98. The molecule has 134 valence electrons. The lowest BCUT2D eigenvalue weighted by Crippen LogP contribution is -2.10. The van der Waals surface area contributed by atoms with Crippen LogP contribution in [-0.4, -0.2) is 23.5 Å². The summed E-state index contributed by atoms with van der Waals surface area (Å²) < 4.78 is 11.1. The van der Waals surface area contributed by atoms with Crippen LogP contribution in [0.25, 0.3) is 11.0 Å². The number of carboxylic acid groups (broad SMARTS) is 1. The van der Waals surface area contributed by atoms with E-state index < -0.39 is 5.97 Å². The highest BCUT2D eigenvalue weighted by Crippen LogP contribution is 2.28. The minimum atomic E-state index is -1.01. The fourth-order valence-electron chi connectivity index (χ4n) is 2.56. The van der Waals surface area contributed by atoms with Gasteiger partial charge >= 0.3 is 5.97 Å². The molecule has 0 aliphatic carbocycles. The van der Waals surface area contributed by atoms with Gasteiger partial charge in [-0.1, -0.05) is 26.8 Å². The van der Waals surface area contributed by atoms with Gasteiger partial charge in [0.05, 0.1) is 5.56 Å². The molecule has 5 heteroatoms. The Hall–Kier alpha value is -3.08. The Balaban J connectivity index is 1.72. The zero-order valence-corrected chi connectivity index (χ0v) is 14.9. The van der Waals surface area contributed by atoms with E-state index in [0.29, 0.717) is 11.3 Å². The number of ketones is 1. The van der Waals surface area contributed by atoms with Crippen LogP contribution in [-0.2, 0) is 5.41 Å². The Kier molecular flexibility index (Phi) is 4.55. The van der Waals surface area contributed by atoms with Crippen molar-refractivity contribution >= 4 is 22.7 Å². The predicted molar refractivity (Wildman–Crippen MR) is 98.1 cm³/mol. The first-order chi connectivity index (χ1) is 12.2. The lowest BCUT2D eigenvalue weighted by Gasteiger charge is -2.18. The summed E-state index contributed by atoms with van der Waals surface area (Å²) in [5, 5.41) is 9.76. The molecule has 1 aromatic heterocycles. The van der Waals surface area contributed by atoms with Crippen molar-refractivity contribution in [2.45, 2.75) is 26.2 Å². The smallest absolute Gasteiger partial charge is 0.335 e. The van der Waals surface area contributed by atoms with E-state index >= 15 is 0 Å². The summed E-state index contributed by atoms with van der Waals surface area (Å²) in [5.74, 6) is -0.618. The van der Waals surface area contributed by atoms with Crippen LogP contribution in [0.4, 0.5) is 0 Å². The summed E-state index contributed by atoms with van der Waals surface area (Å²) in [5.41, 5.74) is 2.00. The number of hydrogen-bond acceptors (Lipinski definition) is 4. The van der Waals surface area contributed by atoms with Crippen molar-refractivity contribution in [2.24, 2.45) is 0 Å². The summed E-state index contributed by atoms with van der Waals surface area (Å²) in [6.07, 6.45) is 0. The number of fused-ring (bicyclic) bond motifs is 1. The molecular formula is C21H20O5. The summed E-state index contributed by atoms with van der Waals surface area (Å²) in [6.45, 7) is 6.20. The lowest BCUT2D eigenvalue weighted by atomic mass is 9.86. The van der Waals surface area contributed by atoms with Crippen molar-refractivity contribution in [3.8, 4) is 5.75 Å². The second-order valence-electron chi connectivity index (χ2n) is 7.15. The molecule has 0 fully saturated rings. The summed E-state index contributed by atoms with van der Waals surface area (Å²) in [7, 11) is 0. The average Bonchev–Trinajstić information content (AvgIpc) is 3.02. The van der Waals surface area contributed by atoms with Crippen LogP contribution in [0, 0.1) is 0 Å². The Morgan fingerprint density at radius 2 is 1.73 bits per heavy atom. The van der Waals surface area contributed by atoms with Gasteiger partial charge in [0.1, 0.15) is 11.3 Å². The minimum absolute atomic E-state index is 0.0147. The molecule has 3 aromatic rings. The average molecular weight is 352 g/mol. The number of carbonyl (C=O) groups excluding carboxylic acids is 1. The maximum Gasteiger partial charge on any atom is 0.335 e. The number of carboxylic acids is 1. The van der Waals surface area contributed by atoms with Crippen LogP contribution < -0.4 is 4.74 Å². The van der Waals surface area contributed by atoms with E-state index in [9.17, 15) is 9.59 Å². The molecule has 0 radical (unpaired) electrons. The monoisotopic (exact) mass is 352 g/mol. The van der Waals surface area contributed by atoms with Gasteiger partial charge in [-0.2, -0.15) is 0 Å². The molecule has 0 bridgehead atoms. The van der Waals surface area contributed by atoms with Crippen LogP contribution in [0.2, 0.25) is 0 Å². The molecule has 0 atom stereocenters. The number of rotatable bonds is 5. The van der Waals surface area contributed by atoms with Gasteiger partial charge in [0, 0.05) is 5.39 Å². The SMILES string of the molecule is CC(C)(C)c1ccc2oc(C(=O)COc3ccc(C(=O)O)cc3)cc2c1. The first-order valence-electron chi connectivity index (χ1n) is 8.27. The Morgan fingerprint density at radius 1 is 1.04 bits per heavy atom. The standard InChI is InChI=1S/C21H20O5/c1-21(2,3)15-6-9-18-14(10-15)11-19(26-18)17(22)12-25-16-7-4-13(5-8-16)20(23)24/h4-11H,12H2,1-3H3,(H,23,24). The molecule has 0 aliphatic rings. The Bertz CT molecular complexity index is 958. The first-order valence-corrected chi connectivity index (χ1v) is 8.27. The molecule has 0 saturated carbocycles. The second kappa shape index (κ2) is 6.67. The van der Waals surface area contributed by atoms with E-state index in [2.05, 4.69) is 20.8 Å². The molecule has 0 saturated heterocycles. The predicted octanol–water partition coefficient (Wildman–Crippen LogP) is 4.69. The quantitative estimate of drug-likeness (QED) is 0.674. The van der Waals surface area contributed by atoms with Crippen molar-refractivity contribution in [3.63, 3.8) is 0 Å². The maximum atomic E-state index is 12.3. The lowest BCUT2D eigenvalue weighted by molar-refractivity contribution is 0.0696. The maximum absolute atomic E-state index is 12.3. The molecule has 0 amide bonds. The van der Waals surface area contributed by atoms with Crippen molar-refractivity contribution in [1.29, 1.82) is 0 Å². The number of furan rings is 1. The van der Waals surface area contributed by atoms with Crippen LogP contribution in [0.1, 0.15) is 47.2 Å². The van der Waals surface area contributed by atoms with Crippen molar-refractivity contribution in [2.75, 3.05) is 6.61 Å². The zero-order valence-electron chi connectivity index (χ0n) is 14.9. The molecule has 5 nitrogen and oxygen atoms in total. The number of aromatic carboxylic acids is 1. The Morgan fingerprint density at radius 3 is 2.35 bits per heavy atom. The van der Waals surface area contributed by atoms with Crippen molar-refractivity contribution in [1.82, 2.24) is 0 Å². The Labute approximate surface area is 151 Å². The van der Waals surface area contributed by atoms with Gasteiger partial charge in [0.2, 0.25) is 5.78 Å².